The maximum absolute atomic E-state index is 11.4. The summed E-state index contributed by atoms with van der Waals surface area (Å²) in [6.07, 6.45) is 7.31. The molecular weight excluding hydrogens is 176 g/mol. The van der Waals surface area contributed by atoms with Gasteiger partial charge in [-0.25, -0.2) is 0 Å². The molecule has 0 radical (unpaired) electrons. The van der Waals surface area contributed by atoms with Crippen LogP contribution in [-0.4, -0.2) is 18.0 Å². The molecule has 3 nitrogen and oxygen atoms in total. The van der Waals surface area contributed by atoms with Crippen molar-refractivity contribution in [2.45, 2.75) is 64.0 Å². The highest BCUT2D eigenvalue weighted by Crippen LogP contribution is 2.16. The minimum Gasteiger partial charge on any atom is -0.352 e. The molecule has 0 heterocycles. The fourth-order valence-corrected chi connectivity index (χ4v) is 2.02. The highest BCUT2D eigenvalue weighted by molar-refractivity contribution is 5.76. The number of rotatable bonds is 3. The van der Waals surface area contributed by atoms with Gasteiger partial charge in [-0.1, -0.05) is 26.2 Å². The van der Waals surface area contributed by atoms with Gasteiger partial charge in [0.1, 0.15) is 0 Å². The lowest BCUT2D eigenvalue weighted by atomic mass is 10.0. The monoisotopic (exact) mass is 198 g/mol. The Kier molecular flexibility index (Phi) is 4.94. The topological polar surface area (TPSA) is 55.1 Å². The highest BCUT2D eigenvalue weighted by atomic mass is 16.1. The van der Waals surface area contributed by atoms with E-state index >= 15 is 0 Å². The van der Waals surface area contributed by atoms with Gasteiger partial charge in [-0.3, -0.25) is 4.79 Å². The van der Waals surface area contributed by atoms with E-state index < -0.39 is 0 Å². The minimum absolute atomic E-state index is 0.162. The van der Waals surface area contributed by atoms with Crippen LogP contribution in [0.5, 0.6) is 0 Å². The van der Waals surface area contributed by atoms with Gasteiger partial charge in [0.15, 0.2) is 0 Å². The Labute approximate surface area is 86.4 Å². The van der Waals surface area contributed by atoms with E-state index in [1.165, 1.54) is 19.3 Å². The summed E-state index contributed by atoms with van der Waals surface area (Å²) in [5, 5.41) is 3.05. The number of carbonyl (C=O) groups is 1. The third-order valence-corrected chi connectivity index (χ3v) is 2.89. The first-order valence-corrected chi connectivity index (χ1v) is 5.79. The van der Waals surface area contributed by atoms with Gasteiger partial charge in [0.2, 0.25) is 5.91 Å². The van der Waals surface area contributed by atoms with E-state index in [0.717, 1.165) is 19.3 Å². The summed E-state index contributed by atoms with van der Waals surface area (Å²) in [6.45, 7) is 2.02. The molecule has 14 heavy (non-hydrogen) atoms. The molecule has 1 saturated carbocycles. The van der Waals surface area contributed by atoms with Crippen LogP contribution >= 0.6 is 0 Å². The van der Waals surface area contributed by atoms with Crippen LogP contribution in [0.15, 0.2) is 0 Å². The summed E-state index contributed by atoms with van der Waals surface area (Å²) < 4.78 is 0. The number of nitrogens with two attached hydrogens (primary N) is 1. The van der Waals surface area contributed by atoms with Crippen LogP contribution in [0.2, 0.25) is 0 Å². The quantitative estimate of drug-likeness (QED) is 0.676. The Morgan fingerprint density at radius 1 is 1.36 bits per heavy atom. The third-order valence-electron chi connectivity index (χ3n) is 2.89. The van der Waals surface area contributed by atoms with Crippen molar-refractivity contribution in [1.29, 1.82) is 0 Å². The molecule has 0 bridgehead atoms. The second kappa shape index (κ2) is 6.02. The van der Waals surface area contributed by atoms with Crippen LogP contribution in [0.3, 0.4) is 0 Å². The van der Waals surface area contributed by atoms with Crippen molar-refractivity contribution >= 4 is 5.91 Å². The molecule has 2 atom stereocenters. The maximum atomic E-state index is 11.4. The smallest absolute Gasteiger partial charge is 0.220 e. The lowest BCUT2D eigenvalue weighted by Gasteiger charge is -2.22. The summed E-state index contributed by atoms with van der Waals surface area (Å²) in [7, 11) is 0. The molecule has 3 heteroatoms. The standard InChI is InChI=1S/C11H22N2O/c1-2-6-11(14)13-10-8-5-3-4-7-9(10)12/h9-10H,2-8,12H2,1H3,(H,13,14). The fourth-order valence-electron chi connectivity index (χ4n) is 2.02. The number of nitrogens with one attached hydrogen (secondary N) is 1. The van der Waals surface area contributed by atoms with Crippen LogP contribution in [0.4, 0.5) is 0 Å². The molecule has 0 aromatic heterocycles. The first-order chi connectivity index (χ1) is 6.74. The number of hydrogen-bond donors (Lipinski definition) is 2. The first-order valence-electron chi connectivity index (χ1n) is 5.79. The van der Waals surface area contributed by atoms with Crippen molar-refractivity contribution in [2.24, 2.45) is 5.73 Å². The third kappa shape index (κ3) is 3.66. The zero-order chi connectivity index (χ0) is 10.4. The van der Waals surface area contributed by atoms with E-state index in [1.807, 2.05) is 6.92 Å². The zero-order valence-electron chi connectivity index (χ0n) is 9.09. The van der Waals surface area contributed by atoms with Gasteiger partial charge in [0.05, 0.1) is 0 Å². The van der Waals surface area contributed by atoms with Gasteiger partial charge >= 0.3 is 0 Å². The van der Waals surface area contributed by atoms with Crippen molar-refractivity contribution in [1.82, 2.24) is 5.32 Å². The van der Waals surface area contributed by atoms with Crippen LogP contribution in [0, 0.1) is 0 Å². The Bertz CT molecular complexity index is 182. The second-order valence-corrected chi connectivity index (χ2v) is 4.23. The van der Waals surface area contributed by atoms with Crippen molar-refractivity contribution in [3.05, 3.63) is 0 Å². The molecule has 0 spiro atoms. The molecule has 1 rings (SSSR count). The van der Waals surface area contributed by atoms with Gasteiger partial charge < -0.3 is 11.1 Å². The maximum Gasteiger partial charge on any atom is 0.220 e. The van der Waals surface area contributed by atoms with E-state index in [-0.39, 0.29) is 18.0 Å². The van der Waals surface area contributed by atoms with Crippen LogP contribution in [0.25, 0.3) is 0 Å². The molecule has 0 aromatic carbocycles. The van der Waals surface area contributed by atoms with E-state index in [1.54, 1.807) is 0 Å². The largest absolute Gasteiger partial charge is 0.352 e. The van der Waals surface area contributed by atoms with Crippen molar-refractivity contribution < 1.29 is 4.79 Å². The molecule has 82 valence electrons. The Balaban J connectivity index is 2.36. The van der Waals surface area contributed by atoms with E-state index in [2.05, 4.69) is 5.32 Å². The normalized spacial score (nSPS) is 28.1. The number of hydrogen-bond acceptors (Lipinski definition) is 2. The lowest BCUT2D eigenvalue weighted by Crippen LogP contribution is -2.46. The van der Waals surface area contributed by atoms with E-state index in [4.69, 9.17) is 5.73 Å². The predicted octanol–water partition coefficient (Wildman–Crippen LogP) is 1.56. The second-order valence-electron chi connectivity index (χ2n) is 4.23. The molecular formula is C11H22N2O. The van der Waals surface area contributed by atoms with Crippen molar-refractivity contribution in [3.8, 4) is 0 Å². The van der Waals surface area contributed by atoms with Gasteiger partial charge in [-0.2, -0.15) is 0 Å². The molecule has 0 saturated heterocycles. The number of carbonyl (C=O) groups excluding carboxylic acids is 1. The highest BCUT2D eigenvalue weighted by Gasteiger charge is 2.21. The summed E-state index contributed by atoms with van der Waals surface area (Å²) in [5.74, 6) is 0.162. The van der Waals surface area contributed by atoms with Crippen molar-refractivity contribution in [2.75, 3.05) is 0 Å². The van der Waals surface area contributed by atoms with Crippen molar-refractivity contribution in [3.63, 3.8) is 0 Å². The fraction of sp³-hybridized carbons (Fsp3) is 0.909. The Morgan fingerprint density at radius 2 is 2.07 bits per heavy atom. The molecule has 1 aliphatic rings. The summed E-state index contributed by atoms with van der Waals surface area (Å²) in [4.78, 5) is 11.4. The SMILES string of the molecule is CCCC(=O)NC1CCCCCC1N. The zero-order valence-corrected chi connectivity index (χ0v) is 9.09. The van der Waals surface area contributed by atoms with Crippen LogP contribution in [0.1, 0.15) is 51.9 Å². The molecule has 1 amide bonds. The molecule has 0 aromatic rings. The van der Waals surface area contributed by atoms with Gasteiger partial charge in [0, 0.05) is 18.5 Å². The predicted molar refractivity (Wildman–Crippen MR) is 57.9 cm³/mol. The minimum atomic E-state index is 0.162. The first kappa shape index (κ1) is 11.5. The van der Waals surface area contributed by atoms with Crippen LogP contribution in [-0.2, 0) is 4.79 Å². The molecule has 3 N–H and O–H groups in total. The average molecular weight is 198 g/mol. The summed E-state index contributed by atoms with van der Waals surface area (Å²) >= 11 is 0. The summed E-state index contributed by atoms with van der Waals surface area (Å²) in [6, 6.07) is 0.384. The molecule has 1 fully saturated rings. The number of amides is 1. The van der Waals surface area contributed by atoms with E-state index in [9.17, 15) is 4.79 Å². The molecule has 2 unspecified atom stereocenters. The molecule has 0 aliphatic heterocycles. The molecule has 1 aliphatic carbocycles. The van der Waals surface area contributed by atoms with Gasteiger partial charge in [0.25, 0.3) is 0 Å². The van der Waals surface area contributed by atoms with Gasteiger partial charge in [-0.05, 0) is 19.3 Å². The Morgan fingerprint density at radius 3 is 2.79 bits per heavy atom. The Hall–Kier alpha value is -0.570. The van der Waals surface area contributed by atoms with Gasteiger partial charge in [-0.15, -0.1) is 0 Å². The van der Waals surface area contributed by atoms with E-state index in [0.29, 0.717) is 6.42 Å². The lowest BCUT2D eigenvalue weighted by molar-refractivity contribution is -0.122. The van der Waals surface area contributed by atoms with Crippen LogP contribution < -0.4 is 11.1 Å². The summed E-state index contributed by atoms with van der Waals surface area (Å²) in [5.41, 5.74) is 6.01. The average Bonchev–Trinajstić information content (AvgIpc) is 2.33.